The lowest BCUT2D eigenvalue weighted by atomic mass is 10.1. The number of ether oxygens (including phenoxy) is 1. The molecule has 1 unspecified atom stereocenters. The molecular weight excluding hydrogens is 260 g/mol. The Kier molecular flexibility index (Phi) is 4.37. The first-order valence-corrected chi connectivity index (χ1v) is 6.20. The minimum atomic E-state index is -0.446. The summed E-state index contributed by atoms with van der Waals surface area (Å²) in [5.41, 5.74) is 0.786. The fourth-order valence-corrected chi connectivity index (χ4v) is 1.90. The smallest absolute Gasteiger partial charge is 0.311 e. The molecular formula is C14H16N2O4. The van der Waals surface area contributed by atoms with Crippen molar-refractivity contribution in [2.24, 2.45) is 0 Å². The van der Waals surface area contributed by atoms with E-state index in [0.717, 1.165) is 11.3 Å². The Balaban J connectivity index is 2.06. The Labute approximate surface area is 116 Å². The number of furan rings is 1. The van der Waals surface area contributed by atoms with Crippen LogP contribution in [0.1, 0.15) is 24.3 Å². The van der Waals surface area contributed by atoms with Gasteiger partial charge in [0, 0.05) is 12.6 Å². The molecule has 0 saturated heterocycles. The van der Waals surface area contributed by atoms with Crippen molar-refractivity contribution in [2.75, 3.05) is 7.11 Å². The van der Waals surface area contributed by atoms with Crippen molar-refractivity contribution in [3.8, 4) is 5.75 Å². The molecule has 0 aliphatic heterocycles. The average Bonchev–Trinajstić information content (AvgIpc) is 2.98. The lowest BCUT2D eigenvalue weighted by molar-refractivity contribution is -0.385. The van der Waals surface area contributed by atoms with Crippen molar-refractivity contribution in [2.45, 2.75) is 19.5 Å². The van der Waals surface area contributed by atoms with Crippen LogP contribution in [-0.2, 0) is 6.54 Å². The van der Waals surface area contributed by atoms with Crippen LogP contribution in [0.3, 0.4) is 0 Å². The van der Waals surface area contributed by atoms with Crippen LogP contribution in [0.4, 0.5) is 5.69 Å². The van der Waals surface area contributed by atoms with E-state index in [4.69, 9.17) is 9.15 Å². The normalized spacial score (nSPS) is 12.1. The van der Waals surface area contributed by atoms with E-state index in [1.54, 1.807) is 18.4 Å². The fraction of sp³-hybridized carbons (Fsp3) is 0.286. The summed E-state index contributed by atoms with van der Waals surface area (Å²) in [6.45, 7) is 2.48. The van der Waals surface area contributed by atoms with Crippen LogP contribution in [0.2, 0.25) is 0 Å². The lowest BCUT2D eigenvalue weighted by Crippen LogP contribution is -2.17. The molecule has 1 aromatic carbocycles. The average molecular weight is 276 g/mol. The molecule has 6 heteroatoms. The van der Waals surface area contributed by atoms with Gasteiger partial charge in [0.2, 0.25) is 0 Å². The number of nitro groups is 1. The van der Waals surface area contributed by atoms with Gasteiger partial charge in [0.05, 0.1) is 24.3 Å². The standard InChI is InChI=1S/C14H16N2O4/c1-10(13-4-3-7-20-13)15-9-11-5-6-14(19-2)12(8-11)16(17)18/h3-8,10,15H,9H2,1-2H3. The Morgan fingerprint density at radius 1 is 1.45 bits per heavy atom. The van der Waals surface area contributed by atoms with Gasteiger partial charge < -0.3 is 14.5 Å². The van der Waals surface area contributed by atoms with E-state index in [9.17, 15) is 10.1 Å². The first kappa shape index (κ1) is 14.1. The van der Waals surface area contributed by atoms with Crippen molar-refractivity contribution in [1.82, 2.24) is 5.32 Å². The molecule has 1 heterocycles. The summed E-state index contributed by atoms with van der Waals surface area (Å²) in [5, 5.41) is 14.2. The van der Waals surface area contributed by atoms with Crippen molar-refractivity contribution in [3.05, 3.63) is 58.0 Å². The van der Waals surface area contributed by atoms with Gasteiger partial charge >= 0.3 is 5.69 Å². The van der Waals surface area contributed by atoms with E-state index in [1.165, 1.54) is 13.2 Å². The molecule has 6 nitrogen and oxygen atoms in total. The van der Waals surface area contributed by atoms with Crippen LogP contribution in [0.5, 0.6) is 5.75 Å². The third-order valence-corrected chi connectivity index (χ3v) is 3.02. The van der Waals surface area contributed by atoms with Crippen molar-refractivity contribution < 1.29 is 14.1 Å². The summed E-state index contributed by atoms with van der Waals surface area (Å²) < 4.78 is 10.3. The summed E-state index contributed by atoms with van der Waals surface area (Å²) in [6.07, 6.45) is 1.62. The van der Waals surface area contributed by atoms with Crippen molar-refractivity contribution in [1.29, 1.82) is 0 Å². The van der Waals surface area contributed by atoms with E-state index in [2.05, 4.69) is 5.32 Å². The molecule has 20 heavy (non-hydrogen) atoms. The van der Waals surface area contributed by atoms with Crippen LogP contribution in [0.15, 0.2) is 41.0 Å². The predicted octanol–water partition coefficient (Wildman–Crippen LogP) is 3.05. The number of nitrogens with one attached hydrogen (secondary N) is 1. The number of hydrogen-bond acceptors (Lipinski definition) is 5. The molecule has 0 spiro atoms. The van der Waals surface area contributed by atoms with Crippen LogP contribution in [0, 0.1) is 10.1 Å². The molecule has 0 aliphatic carbocycles. The number of hydrogen-bond donors (Lipinski definition) is 1. The van der Waals surface area contributed by atoms with Gasteiger partial charge in [0.25, 0.3) is 0 Å². The molecule has 0 fully saturated rings. The minimum Gasteiger partial charge on any atom is -0.490 e. The maximum absolute atomic E-state index is 10.9. The number of nitrogens with zero attached hydrogens (tertiary/aromatic N) is 1. The van der Waals surface area contributed by atoms with Gasteiger partial charge in [-0.3, -0.25) is 10.1 Å². The highest BCUT2D eigenvalue weighted by molar-refractivity contribution is 5.48. The lowest BCUT2D eigenvalue weighted by Gasteiger charge is -2.11. The molecule has 0 aliphatic rings. The summed E-state index contributed by atoms with van der Waals surface area (Å²) in [4.78, 5) is 10.5. The Morgan fingerprint density at radius 2 is 2.25 bits per heavy atom. The van der Waals surface area contributed by atoms with E-state index in [0.29, 0.717) is 6.54 Å². The third-order valence-electron chi connectivity index (χ3n) is 3.02. The molecule has 0 bridgehead atoms. The van der Waals surface area contributed by atoms with E-state index in [1.807, 2.05) is 19.1 Å². The Hall–Kier alpha value is -2.34. The van der Waals surface area contributed by atoms with Crippen LogP contribution < -0.4 is 10.1 Å². The summed E-state index contributed by atoms with van der Waals surface area (Å²) in [6, 6.07) is 8.66. The van der Waals surface area contributed by atoms with Gasteiger partial charge in [0.1, 0.15) is 5.76 Å². The molecule has 1 N–H and O–H groups in total. The van der Waals surface area contributed by atoms with Gasteiger partial charge in [0.15, 0.2) is 5.75 Å². The van der Waals surface area contributed by atoms with Gasteiger partial charge in [-0.25, -0.2) is 0 Å². The van der Waals surface area contributed by atoms with Gasteiger partial charge in [-0.1, -0.05) is 6.07 Å². The number of benzene rings is 1. The minimum absolute atomic E-state index is 0.0301. The van der Waals surface area contributed by atoms with Gasteiger partial charge in [-0.05, 0) is 30.7 Å². The molecule has 1 aromatic heterocycles. The molecule has 106 valence electrons. The molecule has 2 aromatic rings. The van der Waals surface area contributed by atoms with E-state index in [-0.39, 0.29) is 17.5 Å². The van der Waals surface area contributed by atoms with Crippen molar-refractivity contribution >= 4 is 5.69 Å². The number of rotatable bonds is 6. The predicted molar refractivity (Wildman–Crippen MR) is 73.6 cm³/mol. The highest BCUT2D eigenvalue weighted by Gasteiger charge is 2.15. The monoisotopic (exact) mass is 276 g/mol. The molecule has 0 radical (unpaired) electrons. The maximum atomic E-state index is 10.9. The number of methoxy groups -OCH3 is 1. The SMILES string of the molecule is COc1ccc(CNC(C)c2ccco2)cc1[N+](=O)[O-]. The van der Waals surface area contributed by atoms with Gasteiger partial charge in [-0.15, -0.1) is 0 Å². The first-order chi connectivity index (χ1) is 9.61. The molecule has 1 atom stereocenters. The second-order valence-corrected chi connectivity index (χ2v) is 4.38. The van der Waals surface area contributed by atoms with Crippen molar-refractivity contribution in [3.63, 3.8) is 0 Å². The van der Waals surface area contributed by atoms with E-state index >= 15 is 0 Å². The Morgan fingerprint density at radius 3 is 2.85 bits per heavy atom. The summed E-state index contributed by atoms with van der Waals surface area (Å²) in [5.74, 6) is 1.09. The van der Waals surface area contributed by atoms with E-state index < -0.39 is 4.92 Å². The zero-order valence-corrected chi connectivity index (χ0v) is 11.3. The van der Waals surface area contributed by atoms with Crippen LogP contribution >= 0.6 is 0 Å². The summed E-state index contributed by atoms with van der Waals surface area (Å²) >= 11 is 0. The molecule has 0 saturated carbocycles. The first-order valence-electron chi connectivity index (χ1n) is 6.20. The second-order valence-electron chi connectivity index (χ2n) is 4.38. The Bertz CT molecular complexity index is 581. The molecule has 2 rings (SSSR count). The number of nitro benzene ring substituents is 1. The topological polar surface area (TPSA) is 77.5 Å². The van der Waals surface area contributed by atoms with Gasteiger partial charge in [-0.2, -0.15) is 0 Å². The highest BCUT2D eigenvalue weighted by atomic mass is 16.6. The molecule has 0 amide bonds. The third kappa shape index (κ3) is 3.16. The van der Waals surface area contributed by atoms with Crippen LogP contribution in [-0.4, -0.2) is 12.0 Å². The second kappa shape index (κ2) is 6.21. The summed E-state index contributed by atoms with van der Waals surface area (Å²) in [7, 11) is 1.42. The maximum Gasteiger partial charge on any atom is 0.311 e. The highest BCUT2D eigenvalue weighted by Crippen LogP contribution is 2.27. The zero-order chi connectivity index (χ0) is 14.5. The largest absolute Gasteiger partial charge is 0.490 e. The fourth-order valence-electron chi connectivity index (χ4n) is 1.90. The van der Waals surface area contributed by atoms with Crippen LogP contribution in [0.25, 0.3) is 0 Å². The quantitative estimate of drug-likeness (QED) is 0.648. The zero-order valence-electron chi connectivity index (χ0n) is 11.3.